The SMILES string of the molecule is [CH2-][N]Cc1ccc(OC(C)C)cc1. The fraction of sp³-hybridized carbons (Fsp3) is 0.364. The van der Waals surface area contributed by atoms with Crippen LogP contribution < -0.4 is 10.1 Å². The molecule has 0 aliphatic rings. The Kier molecular flexibility index (Phi) is 3.77. The van der Waals surface area contributed by atoms with Crippen LogP contribution in [0, 0.1) is 7.05 Å². The van der Waals surface area contributed by atoms with E-state index >= 15 is 0 Å². The molecule has 0 fully saturated rings. The van der Waals surface area contributed by atoms with Gasteiger partial charge in [-0.05, 0) is 31.5 Å². The Bertz CT molecular complexity index is 241. The van der Waals surface area contributed by atoms with Crippen molar-refractivity contribution in [1.82, 2.24) is 5.32 Å². The normalized spacial score (nSPS) is 10.5. The molecule has 0 amide bonds. The van der Waals surface area contributed by atoms with Crippen molar-refractivity contribution in [1.29, 1.82) is 0 Å². The van der Waals surface area contributed by atoms with Crippen LogP contribution in [-0.4, -0.2) is 6.10 Å². The molecule has 1 aromatic rings. The van der Waals surface area contributed by atoms with Crippen molar-refractivity contribution in [2.24, 2.45) is 0 Å². The summed E-state index contributed by atoms with van der Waals surface area (Å²) in [6.07, 6.45) is 0.225. The quantitative estimate of drug-likeness (QED) is 0.647. The third kappa shape index (κ3) is 3.47. The molecule has 0 aliphatic carbocycles. The zero-order valence-corrected chi connectivity index (χ0v) is 8.16. The van der Waals surface area contributed by atoms with Gasteiger partial charge < -0.3 is 10.1 Å². The van der Waals surface area contributed by atoms with Crippen molar-refractivity contribution >= 4 is 0 Å². The van der Waals surface area contributed by atoms with Crippen LogP contribution in [0.2, 0.25) is 0 Å². The Balaban J connectivity index is 2.59. The lowest BCUT2D eigenvalue weighted by atomic mass is 10.2. The molecule has 0 N–H and O–H groups in total. The number of rotatable bonds is 4. The summed E-state index contributed by atoms with van der Waals surface area (Å²) < 4.78 is 5.50. The van der Waals surface area contributed by atoms with Crippen LogP contribution in [0.15, 0.2) is 24.3 Å². The monoisotopic (exact) mass is 177 g/mol. The minimum absolute atomic E-state index is 0.225. The fourth-order valence-electron chi connectivity index (χ4n) is 1.07. The van der Waals surface area contributed by atoms with Crippen LogP contribution in [-0.2, 0) is 6.54 Å². The summed E-state index contributed by atoms with van der Waals surface area (Å²) in [5.41, 5.74) is 1.16. The van der Waals surface area contributed by atoms with Gasteiger partial charge in [-0.1, -0.05) is 12.1 Å². The van der Waals surface area contributed by atoms with Crippen molar-refractivity contribution in [2.75, 3.05) is 0 Å². The van der Waals surface area contributed by atoms with Crippen LogP contribution in [0.3, 0.4) is 0 Å². The summed E-state index contributed by atoms with van der Waals surface area (Å²) in [6.45, 7) is 4.69. The van der Waals surface area contributed by atoms with Gasteiger partial charge in [0.2, 0.25) is 0 Å². The van der Waals surface area contributed by atoms with Crippen LogP contribution in [0.5, 0.6) is 5.75 Å². The van der Waals surface area contributed by atoms with Crippen LogP contribution >= 0.6 is 0 Å². The lowest BCUT2D eigenvalue weighted by Crippen LogP contribution is -2.05. The average molecular weight is 177 g/mol. The van der Waals surface area contributed by atoms with Crippen molar-refractivity contribution in [2.45, 2.75) is 26.5 Å². The zero-order valence-electron chi connectivity index (χ0n) is 8.16. The molecule has 1 rings (SSSR count). The maximum Gasteiger partial charge on any atom is 0.119 e. The summed E-state index contributed by atoms with van der Waals surface area (Å²) in [5, 5.41) is 3.81. The molecule has 0 atom stereocenters. The molecular formula is C11H15NO-. The second-order valence-electron chi connectivity index (χ2n) is 3.19. The molecule has 13 heavy (non-hydrogen) atoms. The molecule has 1 aromatic carbocycles. The predicted octanol–water partition coefficient (Wildman–Crippen LogP) is 2.37. The van der Waals surface area contributed by atoms with E-state index in [9.17, 15) is 0 Å². The first kappa shape index (κ1) is 10.1. The minimum atomic E-state index is 0.225. The van der Waals surface area contributed by atoms with E-state index in [4.69, 9.17) is 4.74 Å². The second-order valence-corrected chi connectivity index (χ2v) is 3.19. The molecule has 0 saturated carbocycles. The number of benzene rings is 1. The topological polar surface area (TPSA) is 23.3 Å². The second kappa shape index (κ2) is 4.87. The smallest absolute Gasteiger partial charge is 0.119 e. The van der Waals surface area contributed by atoms with Crippen molar-refractivity contribution < 1.29 is 4.74 Å². The first-order valence-corrected chi connectivity index (χ1v) is 4.40. The summed E-state index contributed by atoms with van der Waals surface area (Å²) >= 11 is 0. The number of ether oxygens (including phenoxy) is 1. The summed E-state index contributed by atoms with van der Waals surface area (Å²) in [4.78, 5) is 0. The van der Waals surface area contributed by atoms with Gasteiger partial charge in [0, 0.05) is 6.54 Å². The summed E-state index contributed by atoms with van der Waals surface area (Å²) in [6, 6.07) is 7.93. The van der Waals surface area contributed by atoms with E-state index in [2.05, 4.69) is 12.4 Å². The molecular weight excluding hydrogens is 162 g/mol. The third-order valence-corrected chi connectivity index (χ3v) is 1.59. The summed E-state index contributed by atoms with van der Waals surface area (Å²) in [5.74, 6) is 0.905. The molecule has 1 radical (unpaired) electrons. The van der Waals surface area contributed by atoms with Gasteiger partial charge in [0.25, 0.3) is 0 Å². The number of nitrogens with zero attached hydrogens (tertiary/aromatic N) is 1. The molecule has 0 aliphatic heterocycles. The van der Waals surface area contributed by atoms with Crippen molar-refractivity contribution in [3.8, 4) is 5.75 Å². The van der Waals surface area contributed by atoms with Crippen molar-refractivity contribution in [3.63, 3.8) is 0 Å². The molecule has 0 bridgehead atoms. The van der Waals surface area contributed by atoms with Gasteiger partial charge in [-0.3, -0.25) is 7.05 Å². The first-order chi connectivity index (χ1) is 6.22. The highest BCUT2D eigenvalue weighted by Gasteiger charge is 1.96. The van der Waals surface area contributed by atoms with E-state index in [0.29, 0.717) is 6.54 Å². The Morgan fingerprint density at radius 1 is 1.31 bits per heavy atom. The van der Waals surface area contributed by atoms with Crippen LogP contribution in [0.1, 0.15) is 19.4 Å². The van der Waals surface area contributed by atoms with Crippen LogP contribution in [0.25, 0.3) is 0 Å². The average Bonchev–Trinajstić information content (AvgIpc) is 2.08. The minimum Gasteiger partial charge on any atom is -0.491 e. The highest BCUT2D eigenvalue weighted by atomic mass is 16.5. The molecule has 0 aromatic heterocycles. The van der Waals surface area contributed by atoms with E-state index in [1.807, 2.05) is 38.1 Å². The Morgan fingerprint density at radius 3 is 2.38 bits per heavy atom. The molecule has 0 heterocycles. The predicted molar refractivity (Wildman–Crippen MR) is 53.4 cm³/mol. The Morgan fingerprint density at radius 2 is 1.92 bits per heavy atom. The maximum atomic E-state index is 5.50. The number of hydrogen-bond acceptors (Lipinski definition) is 1. The van der Waals surface area contributed by atoms with Gasteiger partial charge in [-0.2, -0.15) is 0 Å². The standard InChI is InChI=1S/C11H15NO/c1-9(2)13-11-6-4-10(5-7-11)8-12-3/h4-7,9H,3,8H2,1-2H3/q-1. The highest BCUT2D eigenvalue weighted by molar-refractivity contribution is 5.27. The van der Waals surface area contributed by atoms with Crippen LogP contribution in [0.4, 0.5) is 0 Å². The lowest BCUT2D eigenvalue weighted by Gasteiger charge is -2.10. The molecule has 2 heteroatoms. The Hall–Kier alpha value is -1.02. The molecule has 0 unspecified atom stereocenters. The van der Waals surface area contributed by atoms with E-state index < -0.39 is 0 Å². The summed E-state index contributed by atoms with van der Waals surface area (Å²) in [7, 11) is 3.45. The molecule has 2 nitrogen and oxygen atoms in total. The Labute approximate surface area is 79.9 Å². The zero-order chi connectivity index (χ0) is 9.68. The lowest BCUT2D eigenvalue weighted by molar-refractivity contribution is 0.242. The van der Waals surface area contributed by atoms with E-state index in [1.54, 1.807) is 0 Å². The highest BCUT2D eigenvalue weighted by Crippen LogP contribution is 2.13. The molecule has 0 spiro atoms. The van der Waals surface area contributed by atoms with Gasteiger partial charge in [0.05, 0.1) is 6.10 Å². The van der Waals surface area contributed by atoms with Gasteiger partial charge in [0.15, 0.2) is 0 Å². The van der Waals surface area contributed by atoms with Gasteiger partial charge in [-0.15, -0.1) is 0 Å². The van der Waals surface area contributed by atoms with E-state index in [-0.39, 0.29) is 6.10 Å². The maximum absolute atomic E-state index is 5.50. The van der Waals surface area contributed by atoms with E-state index in [1.165, 1.54) is 0 Å². The van der Waals surface area contributed by atoms with Crippen molar-refractivity contribution in [3.05, 3.63) is 36.9 Å². The third-order valence-electron chi connectivity index (χ3n) is 1.59. The van der Waals surface area contributed by atoms with Gasteiger partial charge in [-0.25, -0.2) is 0 Å². The number of hydrogen-bond donors (Lipinski definition) is 0. The van der Waals surface area contributed by atoms with Gasteiger partial charge >= 0.3 is 0 Å². The van der Waals surface area contributed by atoms with E-state index in [0.717, 1.165) is 11.3 Å². The first-order valence-electron chi connectivity index (χ1n) is 4.40. The molecule has 0 saturated heterocycles. The fourth-order valence-corrected chi connectivity index (χ4v) is 1.07. The largest absolute Gasteiger partial charge is 0.491 e. The molecule has 71 valence electrons. The van der Waals surface area contributed by atoms with Gasteiger partial charge in [0.1, 0.15) is 5.75 Å².